The van der Waals surface area contributed by atoms with Gasteiger partial charge in [-0.15, -0.1) is 0 Å². The second-order valence-electron chi connectivity index (χ2n) is 2.56. The van der Waals surface area contributed by atoms with Gasteiger partial charge in [0.05, 0.1) is 0 Å². The Bertz CT molecular complexity index is 276. The molecule has 0 aromatic carbocycles. The van der Waals surface area contributed by atoms with Crippen LogP contribution < -0.4 is 0 Å². The van der Waals surface area contributed by atoms with E-state index in [2.05, 4.69) is 11.9 Å². The van der Waals surface area contributed by atoms with Crippen LogP contribution in [0.2, 0.25) is 0 Å². The quantitative estimate of drug-likeness (QED) is 0.619. The van der Waals surface area contributed by atoms with Crippen LogP contribution in [-0.2, 0) is 0 Å². The van der Waals surface area contributed by atoms with E-state index in [0.29, 0.717) is 0 Å². The predicted molar refractivity (Wildman–Crippen MR) is 43.5 cm³/mol. The van der Waals surface area contributed by atoms with Crippen molar-refractivity contribution in [3.8, 4) is 0 Å². The molecule has 1 heterocycles. The van der Waals surface area contributed by atoms with Gasteiger partial charge < -0.3 is 10.2 Å². The molecule has 0 aromatic heterocycles. The van der Waals surface area contributed by atoms with E-state index in [4.69, 9.17) is 0 Å². The highest BCUT2D eigenvalue weighted by Gasteiger charge is 2.30. The first-order valence-corrected chi connectivity index (χ1v) is 3.49. The lowest BCUT2D eigenvalue weighted by atomic mass is 10.3. The lowest BCUT2D eigenvalue weighted by Crippen LogP contribution is -2.11. The molecule has 0 aromatic rings. The lowest BCUT2D eigenvalue weighted by Gasteiger charge is -2.22. The first kappa shape index (κ1) is 9.70. The normalized spacial score (nSPS) is 19.4. The summed E-state index contributed by atoms with van der Waals surface area (Å²) in [6.45, 7) is 2.91. The second kappa shape index (κ2) is 3.16. The number of halogens is 3. The molecule has 0 unspecified atom stereocenters. The number of hydrogen-bond donors (Lipinski definition) is 0. The Balaban J connectivity index is 2.73. The van der Waals surface area contributed by atoms with Crippen molar-refractivity contribution >= 4 is 0 Å². The highest BCUT2D eigenvalue weighted by atomic mass is 19.4. The summed E-state index contributed by atoms with van der Waals surface area (Å²) in [4.78, 5) is 1.48. The van der Waals surface area contributed by atoms with Crippen LogP contribution in [0, 0.1) is 0 Å². The van der Waals surface area contributed by atoms with Crippen molar-refractivity contribution in [3.05, 3.63) is 41.8 Å². The summed E-state index contributed by atoms with van der Waals surface area (Å²) in [5.74, 6) is 0.238. The van der Waals surface area contributed by atoms with E-state index in [1.54, 1.807) is 13.2 Å². The molecule has 0 fully saturated rings. The second-order valence-corrected chi connectivity index (χ2v) is 2.56. The number of hydrogen-bond acceptors (Lipinski definition) is 1. The summed E-state index contributed by atoms with van der Waals surface area (Å²) in [6.07, 6.45) is -0.489. The van der Waals surface area contributed by atoms with Gasteiger partial charge in [0.15, 0.2) is 0 Å². The molecule has 0 saturated carbocycles. The molecule has 5 heteroatoms. The van der Waals surface area contributed by atoms with Crippen molar-refractivity contribution in [2.24, 2.45) is 0 Å². The van der Waals surface area contributed by atoms with Crippen LogP contribution >= 0.6 is 0 Å². The monoisotopic (exact) mass is 189 g/mol. The zero-order chi connectivity index (χ0) is 10.1. The van der Waals surface area contributed by atoms with E-state index in [1.165, 1.54) is 11.1 Å². The molecule has 1 aliphatic rings. The molecule has 0 aliphatic carbocycles. The van der Waals surface area contributed by atoms with Crippen LogP contribution in [-0.4, -0.2) is 18.1 Å². The average Bonchev–Trinajstić information content (AvgIpc) is 2.34. The molecular weight excluding hydrogens is 181 g/mol. The lowest BCUT2D eigenvalue weighted by molar-refractivity contribution is -0.0879. The fourth-order valence-electron chi connectivity index (χ4n) is 0.754. The summed E-state index contributed by atoms with van der Waals surface area (Å²) >= 11 is 0. The Labute approximate surface area is 74.0 Å². The number of alkyl halides is 3. The first-order valence-electron chi connectivity index (χ1n) is 3.49. The third-order valence-electron chi connectivity index (χ3n) is 1.53. The summed E-state index contributed by atoms with van der Waals surface area (Å²) in [5, 5.41) is 3.72. The van der Waals surface area contributed by atoms with Crippen LogP contribution in [0.15, 0.2) is 36.4 Å². The topological polar surface area (TPSA) is 17.3 Å². The number of rotatable bonds is 1. The van der Waals surface area contributed by atoms with E-state index in [1.807, 2.05) is 0 Å². The molecule has 1 aliphatic heterocycles. The SMILES string of the molecule is C=C(/C=C1\[N-]C=CN1C)C(F)(F)F. The zero-order valence-electron chi connectivity index (χ0n) is 6.97. The van der Waals surface area contributed by atoms with Gasteiger partial charge in [-0.1, -0.05) is 37.9 Å². The van der Waals surface area contributed by atoms with Gasteiger partial charge in [0.1, 0.15) is 0 Å². The fraction of sp³-hybridized carbons (Fsp3) is 0.250. The Morgan fingerprint density at radius 3 is 2.62 bits per heavy atom. The van der Waals surface area contributed by atoms with Crippen molar-refractivity contribution in [2.45, 2.75) is 6.18 Å². The minimum absolute atomic E-state index is 0.238. The molecule has 2 nitrogen and oxygen atoms in total. The molecule has 0 spiro atoms. The summed E-state index contributed by atoms with van der Waals surface area (Å²) in [7, 11) is 1.61. The summed E-state index contributed by atoms with van der Waals surface area (Å²) < 4.78 is 36.0. The summed E-state index contributed by atoms with van der Waals surface area (Å²) in [5.41, 5.74) is -0.901. The van der Waals surface area contributed by atoms with Gasteiger partial charge in [0.25, 0.3) is 0 Å². The van der Waals surface area contributed by atoms with E-state index in [0.717, 1.165) is 6.08 Å². The van der Waals surface area contributed by atoms with Crippen molar-refractivity contribution in [3.63, 3.8) is 0 Å². The predicted octanol–water partition coefficient (Wildman–Crippen LogP) is 2.74. The minimum atomic E-state index is -4.38. The maximum absolute atomic E-state index is 12.0. The Morgan fingerprint density at radius 2 is 2.23 bits per heavy atom. The first-order chi connectivity index (χ1) is 5.91. The van der Waals surface area contributed by atoms with Gasteiger partial charge in [-0.05, 0) is 0 Å². The molecule has 0 N–H and O–H groups in total. The number of allylic oxidation sites excluding steroid dienone is 2. The largest absolute Gasteiger partial charge is 0.452 e. The molecule has 0 radical (unpaired) electrons. The van der Waals surface area contributed by atoms with Gasteiger partial charge in [-0.2, -0.15) is 13.2 Å². The zero-order valence-corrected chi connectivity index (χ0v) is 6.97. The molecule has 0 atom stereocenters. The van der Waals surface area contributed by atoms with Crippen LogP contribution in [0.5, 0.6) is 0 Å². The van der Waals surface area contributed by atoms with E-state index >= 15 is 0 Å². The van der Waals surface area contributed by atoms with Crippen LogP contribution in [0.4, 0.5) is 13.2 Å². The molecule has 0 amide bonds. The third-order valence-corrected chi connectivity index (χ3v) is 1.53. The van der Waals surface area contributed by atoms with Crippen molar-refractivity contribution in [2.75, 3.05) is 7.05 Å². The maximum Gasteiger partial charge on any atom is 0.415 e. The molecule has 1 rings (SSSR count). The highest BCUT2D eigenvalue weighted by molar-refractivity contribution is 5.37. The van der Waals surface area contributed by atoms with Crippen molar-refractivity contribution < 1.29 is 13.2 Å². The average molecular weight is 189 g/mol. The van der Waals surface area contributed by atoms with E-state index in [-0.39, 0.29) is 5.82 Å². The molecular formula is C8H8F3N2-. The van der Waals surface area contributed by atoms with Crippen LogP contribution in [0.25, 0.3) is 5.32 Å². The van der Waals surface area contributed by atoms with Gasteiger partial charge >= 0.3 is 6.18 Å². The number of nitrogens with zero attached hydrogens (tertiary/aromatic N) is 2. The maximum atomic E-state index is 12.0. The Hall–Kier alpha value is -1.39. The van der Waals surface area contributed by atoms with E-state index < -0.39 is 11.7 Å². The molecule has 0 bridgehead atoms. The smallest absolute Gasteiger partial charge is 0.415 e. The highest BCUT2D eigenvalue weighted by Crippen LogP contribution is 2.28. The summed E-state index contributed by atoms with van der Waals surface area (Å²) in [6, 6.07) is 0. The van der Waals surface area contributed by atoms with Gasteiger partial charge in [0.2, 0.25) is 0 Å². The third kappa shape index (κ3) is 2.27. The van der Waals surface area contributed by atoms with Crippen LogP contribution in [0.3, 0.4) is 0 Å². The molecule has 72 valence electrons. The van der Waals surface area contributed by atoms with Crippen molar-refractivity contribution in [1.82, 2.24) is 4.90 Å². The van der Waals surface area contributed by atoms with Gasteiger partial charge in [-0.25, -0.2) is 0 Å². The van der Waals surface area contributed by atoms with Crippen molar-refractivity contribution in [1.29, 1.82) is 0 Å². The standard InChI is InChI=1S/C8H8F3N2/c1-6(8(9,10)11)5-7-12-3-4-13(7)2/h3-5H,1H2,2H3/q-1/b7-5+. The Kier molecular flexibility index (Phi) is 2.36. The molecule has 0 saturated heterocycles. The van der Waals surface area contributed by atoms with Gasteiger partial charge in [-0.3, -0.25) is 0 Å². The minimum Gasteiger partial charge on any atom is -0.452 e. The van der Waals surface area contributed by atoms with Gasteiger partial charge in [0, 0.05) is 5.57 Å². The van der Waals surface area contributed by atoms with Crippen LogP contribution in [0.1, 0.15) is 0 Å². The fourth-order valence-corrected chi connectivity index (χ4v) is 0.754. The Morgan fingerprint density at radius 1 is 1.62 bits per heavy atom. The van der Waals surface area contributed by atoms with E-state index in [9.17, 15) is 13.2 Å². The molecule has 13 heavy (non-hydrogen) atoms.